The molecule has 4 unspecified atom stereocenters. The molecule has 0 aliphatic carbocycles. The van der Waals surface area contributed by atoms with Gasteiger partial charge in [0.15, 0.2) is 0 Å². The van der Waals surface area contributed by atoms with E-state index in [9.17, 15) is 0 Å². The molecule has 0 aromatic rings. The van der Waals surface area contributed by atoms with Gasteiger partial charge in [-0.25, -0.2) is 0 Å². The zero-order valence-corrected chi connectivity index (χ0v) is 28.6. The predicted octanol–water partition coefficient (Wildman–Crippen LogP) is 12.1. The predicted molar refractivity (Wildman–Crippen MR) is 160 cm³/mol. The molecule has 0 saturated carbocycles. The zero-order chi connectivity index (χ0) is 25.3. The van der Waals surface area contributed by atoms with Gasteiger partial charge in [-0.05, 0) is 5.92 Å². The Balaban J connectivity index is 0. The van der Waals surface area contributed by atoms with Crippen molar-refractivity contribution in [3.63, 3.8) is 0 Å². The Morgan fingerprint density at radius 2 is 0.727 bits per heavy atom. The monoisotopic (exact) mass is 574 g/mol. The maximum atomic E-state index is 2.46. The van der Waals surface area contributed by atoms with Crippen molar-refractivity contribution in [3.05, 3.63) is 0 Å². The van der Waals surface area contributed by atoms with Gasteiger partial charge in [-0.2, -0.15) is 0 Å². The zero-order valence-electron chi connectivity index (χ0n) is 25.3. The second-order valence-electron chi connectivity index (χ2n) is 11.5. The average Bonchev–Trinajstić information content (AvgIpc) is 2.84. The van der Waals surface area contributed by atoms with E-state index in [2.05, 4.69) is 62.3 Å². The third-order valence-corrected chi connectivity index (χ3v) is 19.8. The van der Waals surface area contributed by atoms with Gasteiger partial charge in [-0.3, -0.25) is 0 Å². The van der Waals surface area contributed by atoms with Crippen LogP contribution in [0.15, 0.2) is 0 Å². The van der Waals surface area contributed by atoms with Gasteiger partial charge in [0.2, 0.25) is 0 Å². The standard InChI is InChI=1S/C8H18.3C8H17.Sn.H/c4*1-4-6-7-8(3)5-2;;/h8H,4-7H2,1-3H3;3*8H,3-7H2,1-2H3;;. The van der Waals surface area contributed by atoms with Gasteiger partial charge in [0.1, 0.15) is 0 Å². The molecule has 0 fully saturated rings. The molecule has 0 nitrogen and oxygen atoms in total. The van der Waals surface area contributed by atoms with E-state index in [1.807, 2.05) is 0 Å². The molecule has 33 heavy (non-hydrogen) atoms. The Morgan fingerprint density at radius 3 is 0.970 bits per heavy atom. The van der Waals surface area contributed by atoms with Crippen molar-refractivity contribution in [2.24, 2.45) is 23.7 Å². The SMILES string of the molecule is CCCCC(C)CC.CCCCC(CC)[CH2][SnH]([CH2]C(CC)CCCC)[CH2]C(CC)CCCC. The normalized spacial score (nSPS) is 15.9. The summed E-state index contributed by atoms with van der Waals surface area (Å²) in [5, 5.41) is 0. The molecule has 1 heteroatoms. The van der Waals surface area contributed by atoms with Gasteiger partial charge in [0.05, 0.1) is 0 Å². The van der Waals surface area contributed by atoms with Crippen molar-refractivity contribution in [1.29, 1.82) is 0 Å². The Morgan fingerprint density at radius 1 is 0.424 bits per heavy atom. The van der Waals surface area contributed by atoms with Crippen LogP contribution in [-0.4, -0.2) is 19.8 Å². The molecular formula is C32H70Sn. The fourth-order valence-electron chi connectivity index (χ4n) is 5.40. The number of unbranched alkanes of at least 4 members (excludes halogenated alkanes) is 4. The van der Waals surface area contributed by atoms with E-state index in [0.717, 1.165) is 23.7 Å². The molecule has 0 aliphatic heterocycles. The van der Waals surface area contributed by atoms with Crippen LogP contribution in [0.4, 0.5) is 0 Å². The molecule has 0 radical (unpaired) electrons. The van der Waals surface area contributed by atoms with Crippen LogP contribution in [0.2, 0.25) is 13.3 Å². The number of rotatable bonds is 22. The van der Waals surface area contributed by atoms with E-state index in [1.165, 1.54) is 103 Å². The summed E-state index contributed by atoms with van der Waals surface area (Å²) in [6.07, 6.45) is 23.0. The van der Waals surface area contributed by atoms with Crippen LogP contribution in [0.5, 0.6) is 0 Å². The molecule has 0 bridgehead atoms. The quantitative estimate of drug-likeness (QED) is 0.113. The molecule has 0 spiro atoms. The molecule has 4 atom stereocenters. The van der Waals surface area contributed by atoms with Crippen LogP contribution >= 0.6 is 0 Å². The molecule has 0 aliphatic rings. The Labute approximate surface area is 221 Å². The van der Waals surface area contributed by atoms with E-state index in [-0.39, 0.29) is 0 Å². The fourth-order valence-corrected chi connectivity index (χ4v) is 20.0. The van der Waals surface area contributed by atoms with E-state index >= 15 is 0 Å². The fraction of sp³-hybridized carbons (Fsp3) is 1.00. The summed E-state index contributed by atoms with van der Waals surface area (Å²) in [6, 6.07) is 0. The van der Waals surface area contributed by atoms with Gasteiger partial charge in [0.25, 0.3) is 0 Å². The third-order valence-electron chi connectivity index (χ3n) is 8.38. The first kappa shape index (κ1) is 36.0. The first-order valence-electron chi connectivity index (χ1n) is 15.9. The summed E-state index contributed by atoms with van der Waals surface area (Å²) in [7, 11) is 0. The van der Waals surface area contributed by atoms with Crippen molar-refractivity contribution in [1.82, 2.24) is 0 Å². The van der Waals surface area contributed by atoms with Crippen molar-refractivity contribution >= 4 is 19.8 Å². The second kappa shape index (κ2) is 27.4. The summed E-state index contributed by atoms with van der Waals surface area (Å²) >= 11 is -1.40. The third kappa shape index (κ3) is 23.0. The first-order valence-corrected chi connectivity index (χ1v) is 22.9. The van der Waals surface area contributed by atoms with Crippen molar-refractivity contribution < 1.29 is 0 Å². The van der Waals surface area contributed by atoms with Crippen LogP contribution in [0.1, 0.15) is 165 Å². The van der Waals surface area contributed by atoms with Crippen LogP contribution < -0.4 is 0 Å². The summed E-state index contributed by atoms with van der Waals surface area (Å²) in [4.78, 5) is 0. The summed E-state index contributed by atoms with van der Waals surface area (Å²) in [6.45, 7) is 21.3. The molecule has 0 saturated heterocycles. The Bertz CT molecular complexity index is 310. The van der Waals surface area contributed by atoms with Crippen molar-refractivity contribution in [2.45, 2.75) is 178 Å². The van der Waals surface area contributed by atoms with Crippen LogP contribution in [0, 0.1) is 23.7 Å². The minimum absolute atomic E-state index is 0.954. The van der Waals surface area contributed by atoms with E-state index in [0.29, 0.717) is 0 Å². The first-order chi connectivity index (χ1) is 15.9. The summed E-state index contributed by atoms with van der Waals surface area (Å²) < 4.78 is 5.18. The Hall–Kier alpha value is 0.799. The average molecular weight is 574 g/mol. The van der Waals surface area contributed by atoms with Crippen molar-refractivity contribution in [3.8, 4) is 0 Å². The number of hydrogen-bond donors (Lipinski definition) is 0. The van der Waals surface area contributed by atoms with Crippen LogP contribution in [-0.2, 0) is 0 Å². The van der Waals surface area contributed by atoms with Gasteiger partial charge in [-0.15, -0.1) is 0 Å². The topological polar surface area (TPSA) is 0 Å². The molecule has 0 aromatic heterocycles. The molecular weight excluding hydrogens is 503 g/mol. The molecule has 0 heterocycles. The summed E-state index contributed by atoms with van der Waals surface area (Å²) in [5.41, 5.74) is 0. The summed E-state index contributed by atoms with van der Waals surface area (Å²) in [5.74, 6) is 4.18. The minimum atomic E-state index is -1.40. The van der Waals surface area contributed by atoms with Crippen LogP contribution in [0.25, 0.3) is 0 Å². The molecule has 0 rings (SSSR count). The second-order valence-corrected chi connectivity index (χ2v) is 20.5. The Kier molecular flexibility index (Phi) is 29.8. The number of hydrogen-bond acceptors (Lipinski definition) is 0. The maximum absolute atomic E-state index is 2.46. The van der Waals surface area contributed by atoms with Gasteiger partial charge in [-0.1, -0.05) is 46.5 Å². The van der Waals surface area contributed by atoms with Gasteiger partial charge >= 0.3 is 169 Å². The van der Waals surface area contributed by atoms with Gasteiger partial charge < -0.3 is 0 Å². The van der Waals surface area contributed by atoms with Crippen LogP contribution in [0.3, 0.4) is 0 Å². The molecule has 0 aromatic carbocycles. The molecule has 202 valence electrons. The van der Waals surface area contributed by atoms with E-state index in [4.69, 9.17) is 0 Å². The van der Waals surface area contributed by atoms with Crippen molar-refractivity contribution in [2.75, 3.05) is 0 Å². The van der Waals surface area contributed by atoms with E-state index in [1.54, 1.807) is 13.3 Å². The molecule has 0 N–H and O–H groups in total. The van der Waals surface area contributed by atoms with E-state index < -0.39 is 19.8 Å². The van der Waals surface area contributed by atoms with Gasteiger partial charge in [0, 0.05) is 0 Å². The molecule has 0 amide bonds.